The van der Waals surface area contributed by atoms with Gasteiger partial charge >= 0.3 is 0 Å². The number of aliphatic imine (C=N–C) groups is 1. The van der Waals surface area contributed by atoms with Gasteiger partial charge in [0.15, 0.2) is 5.17 Å². The number of halogens is 1. The highest BCUT2D eigenvalue weighted by Gasteiger charge is 2.40. The van der Waals surface area contributed by atoms with Crippen molar-refractivity contribution in [2.75, 3.05) is 0 Å². The zero-order valence-corrected chi connectivity index (χ0v) is 14.8. The quantitative estimate of drug-likeness (QED) is 0.865. The molecular formula is C17H26FN3S. The Morgan fingerprint density at radius 3 is 2.27 bits per heavy atom. The second-order valence-corrected chi connectivity index (χ2v) is 6.84. The molecule has 0 spiro atoms. The fraction of sp³-hybridized carbons (Fsp3) is 0.471. The van der Waals surface area contributed by atoms with E-state index < -0.39 is 6.17 Å². The SMILES string of the molecule is C=C1N/C(=N\C(N)c2ccc(F)cc2)SC1(C)C(C)C.CC. The van der Waals surface area contributed by atoms with Gasteiger partial charge in [-0.05, 0) is 30.5 Å². The van der Waals surface area contributed by atoms with Crippen LogP contribution in [0.2, 0.25) is 0 Å². The molecule has 1 aliphatic rings. The third kappa shape index (κ3) is 4.11. The summed E-state index contributed by atoms with van der Waals surface area (Å²) < 4.78 is 12.8. The van der Waals surface area contributed by atoms with E-state index in [1.54, 1.807) is 23.9 Å². The smallest absolute Gasteiger partial charge is 0.163 e. The maximum absolute atomic E-state index is 12.9. The highest BCUT2D eigenvalue weighted by Crippen LogP contribution is 2.43. The van der Waals surface area contributed by atoms with Crippen LogP contribution in [0.25, 0.3) is 0 Å². The van der Waals surface area contributed by atoms with Gasteiger partial charge in [-0.25, -0.2) is 9.38 Å². The van der Waals surface area contributed by atoms with Crippen molar-refractivity contribution in [2.45, 2.75) is 45.5 Å². The van der Waals surface area contributed by atoms with E-state index in [1.807, 2.05) is 13.8 Å². The lowest BCUT2D eigenvalue weighted by Crippen LogP contribution is -2.28. The van der Waals surface area contributed by atoms with E-state index in [4.69, 9.17) is 5.73 Å². The van der Waals surface area contributed by atoms with Gasteiger partial charge < -0.3 is 11.1 Å². The van der Waals surface area contributed by atoms with Gasteiger partial charge in [0.1, 0.15) is 12.0 Å². The van der Waals surface area contributed by atoms with Crippen LogP contribution in [-0.2, 0) is 0 Å². The standard InChI is InChI=1S/C15H20FN3S.C2H6/c1-9(2)15(4)10(3)18-14(20-15)19-13(17)11-5-7-12(16)8-6-11;1-2/h5-9,13H,3,17H2,1-2,4H3,(H,18,19);1-2H3. The molecule has 2 rings (SSSR count). The summed E-state index contributed by atoms with van der Waals surface area (Å²) in [6, 6.07) is 6.09. The number of hydrogen-bond donors (Lipinski definition) is 2. The van der Waals surface area contributed by atoms with E-state index >= 15 is 0 Å². The van der Waals surface area contributed by atoms with Crippen LogP contribution in [0.3, 0.4) is 0 Å². The highest BCUT2D eigenvalue weighted by molar-refractivity contribution is 8.15. The molecule has 0 saturated carbocycles. The summed E-state index contributed by atoms with van der Waals surface area (Å²) in [5.41, 5.74) is 7.77. The van der Waals surface area contributed by atoms with Crippen molar-refractivity contribution < 1.29 is 4.39 Å². The third-order valence-electron chi connectivity index (χ3n) is 3.74. The molecule has 0 amide bonds. The lowest BCUT2D eigenvalue weighted by atomic mass is 9.94. The molecule has 3 nitrogen and oxygen atoms in total. The van der Waals surface area contributed by atoms with Crippen LogP contribution in [0.5, 0.6) is 0 Å². The van der Waals surface area contributed by atoms with Gasteiger partial charge in [-0.3, -0.25) is 0 Å². The zero-order valence-electron chi connectivity index (χ0n) is 14.0. The van der Waals surface area contributed by atoms with Crippen LogP contribution in [0, 0.1) is 11.7 Å². The number of benzene rings is 1. The Morgan fingerprint density at radius 1 is 1.27 bits per heavy atom. The van der Waals surface area contributed by atoms with E-state index in [1.165, 1.54) is 12.1 Å². The van der Waals surface area contributed by atoms with Crippen molar-refractivity contribution in [2.24, 2.45) is 16.6 Å². The van der Waals surface area contributed by atoms with Gasteiger partial charge in [0, 0.05) is 5.70 Å². The summed E-state index contributed by atoms with van der Waals surface area (Å²) in [7, 11) is 0. The Labute approximate surface area is 137 Å². The summed E-state index contributed by atoms with van der Waals surface area (Å²) in [6.07, 6.45) is -0.507. The average molecular weight is 323 g/mol. The fourth-order valence-corrected chi connectivity index (χ4v) is 3.08. The molecule has 0 bridgehead atoms. The number of nitrogens with one attached hydrogen (secondary N) is 1. The van der Waals surface area contributed by atoms with Gasteiger partial charge in [0.2, 0.25) is 0 Å². The molecule has 1 saturated heterocycles. The first-order valence-electron chi connectivity index (χ1n) is 7.57. The minimum absolute atomic E-state index is 0.0820. The fourth-order valence-electron chi connectivity index (χ4n) is 1.93. The molecule has 1 heterocycles. The average Bonchev–Trinajstić information content (AvgIpc) is 2.77. The summed E-state index contributed by atoms with van der Waals surface area (Å²) in [5, 5.41) is 3.97. The molecular weight excluding hydrogens is 297 g/mol. The zero-order chi connectivity index (χ0) is 16.9. The molecule has 1 aromatic rings. The molecule has 0 aliphatic carbocycles. The molecule has 1 aromatic carbocycles. The maximum Gasteiger partial charge on any atom is 0.163 e. The minimum Gasteiger partial charge on any atom is -0.338 e. The number of hydrogen-bond acceptors (Lipinski definition) is 3. The Morgan fingerprint density at radius 2 is 1.82 bits per heavy atom. The largest absolute Gasteiger partial charge is 0.338 e. The van der Waals surface area contributed by atoms with E-state index in [2.05, 4.69) is 37.7 Å². The van der Waals surface area contributed by atoms with Gasteiger partial charge in [-0.1, -0.05) is 58.2 Å². The van der Waals surface area contributed by atoms with Crippen LogP contribution in [0.4, 0.5) is 4.39 Å². The van der Waals surface area contributed by atoms with Gasteiger partial charge in [-0.2, -0.15) is 0 Å². The molecule has 0 aromatic heterocycles. The van der Waals surface area contributed by atoms with Crippen molar-refractivity contribution in [3.05, 3.63) is 47.9 Å². The molecule has 3 N–H and O–H groups in total. The minimum atomic E-state index is -0.507. The number of nitrogens with two attached hydrogens (primary N) is 1. The molecule has 22 heavy (non-hydrogen) atoms. The van der Waals surface area contributed by atoms with Gasteiger partial charge in [-0.15, -0.1) is 0 Å². The second-order valence-electron chi connectivity index (χ2n) is 5.40. The molecule has 2 atom stereocenters. The molecule has 122 valence electrons. The van der Waals surface area contributed by atoms with E-state index in [0.29, 0.717) is 5.92 Å². The van der Waals surface area contributed by atoms with Crippen molar-refractivity contribution in [3.63, 3.8) is 0 Å². The van der Waals surface area contributed by atoms with Crippen LogP contribution in [0.15, 0.2) is 41.5 Å². The maximum atomic E-state index is 12.9. The molecule has 0 radical (unpaired) electrons. The third-order valence-corrected chi connectivity index (χ3v) is 5.28. The monoisotopic (exact) mass is 323 g/mol. The summed E-state index contributed by atoms with van der Waals surface area (Å²) in [5.74, 6) is 0.157. The van der Waals surface area contributed by atoms with Crippen molar-refractivity contribution in [1.29, 1.82) is 0 Å². The Balaban J connectivity index is 0.00000116. The normalized spacial score (nSPS) is 24.0. The molecule has 5 heteroatoms. The number of nitrogens with zero attached hydrogens (tertiary/aromatic N) is 1. The first kappa shape index (κ1) is 18.7. The number of thioether (sulfide) groups is 1. The number of rotatable bonds is 3. The summed E-state index contributed by atoms with van der Waals surface area (Å²) >= 11 is 1.64. The highest BCUT2D eigenvalue weighted by atomic mass is 32.2. The first-order valence-corrected chi connectivity index (χ1v) is 8.39. The lowest BCUT2D eigenvalue weighted by Gasteiger charge is -2.26. The Hall–Kier alpha value is -1.33. The molecule has 2 unspecified atom stereocenters. The van der Waals surface area contributed by atoms with Crippen LogP contribution in [0.1, 0.15) is 46.3 Å². The predicted molar refractivity (Wildman–Crippen MR) is 95.2 cm³/mol. The first-order chi connectivity index (χ1) is 10.3. The summed E-state index contributed by atoms with van der Waals surface area (Å²) in [6.45, 7) is 14.5. The van der Waals surface area contributed by atoms with Gasteiger partial charge in [0.25, 0.3) is 0 Å². The Kier molecular flexibility index (Phi) is 6.63. The van der Waals surface area contributed by atoms with Crippen molar-refractivity contribution in [3.8, 4) is 0 Å². The van der Waals surface area contributed by atoms with Gasteiger partial charge in [0.05, 0.1) is 4.75 Å². The second kappa shape index (κ2) is 7.79. The van der Waals surface area contributed by atoms with Crippen molar-refractivity contribution in [1.82, 2.24) is 5.32 Å². The van der Waals surface area contributed by atoms with E-state index in [-0.39, 0.29) is 10.6 Å². The van der Waals surface area contributed by atoms with Crippen LogP contribution < -0.4 is 11.1 Å². The van der Waals surface area contributed by atoms with E-state index in [0.717, 1.165) is 16.4 Å². The molecule has 1 fully saturated rings. The molecule has 1 aliphatic heterocycles. The van der Waals surface area contributed by atoms with E-state index in [9.17, 15) is 4.39 Å². The lowest BCUT2D eigenvalue weighted by molar-refractivity contribution is 0.522. The van der Waals surface area contributed by atoms with Crippen molar-refractivity contribution >= 4 is 16.9 Å². The predicted octanol–water partition coefficient (Wildman–Crippen LogP) is 4.43. The number of amidine groups is 1. The topological polar surface area (TPSA) is 50.4 Å². The van der Waals surface area contributed by atoms with Crippen LogP contribution in [-0.4, -0.2) is 9.91 Å². The Bertz CT molecular complexity index is 539. The summed E-state index contributed by atoms with van der Waals surface area (Å²) in [4.78, 5) is 4.47. The van der Waals surface area contributed by atoms with Crippen LogP contribution >= 0.6 is 11.8 Å².